The van der Waals surface area contributed by atoms with E-state index < -0.39 is 6.04 Å². The normalized spacial score (nSPS) is 12.9. The Labute approximate surface area is 86.0 Å². The third kappa shape index (κ3) is 6.86. The molecule has 4 nitrogen and oxygen atoms in total. The largest absolute Gasteiger partial charge is 0.464 e. The maximum absolute atomic E-state index is 11.3. The molecule has 4 heteroatoms. The van der Waals surface area contributed by atoms with E-state index in [1.807, 2.05) is 13.8 Å². The minimum absolute atomic E-state index is 0.296. The van der Waals surface area contributed by atoms with E-state index in [-0.39, 0.29) is 5.97 Å². The number of esters is 1. The van der Waals surface area contributed by atoms with Gasteiger partial charge in [-0.25, -0.2) is 0 Å². The van der Waals surface area contributed by atoms with Crippen molar-refractivity contribution in [2.75, 3.05) is 13.2 Å². The van der Waals surface area contributed by atoms with Gasteiger partial charge in [0.1, 0.15) is 6.04 Å². The molecule has 4 N–H and O–H groups in total. The molecule has 0 unspecified atom stereocenters. The smallest absolute Gasteiger partial charge is 0.322 e. The molecular weight excluding hydrogens is 180 g/mol. The number of hydrogen-bond acceptors (Lipinski definition) is 4. The molecule has 0 aromatic rings. The first kappa shape index (κ1) is 13.4. The third-order valence-electron chi connectivity index (χ3n) is 1.83. The van der Waals surface area contributed by atoms with Crippen LogP contribution in [0.15, 0.2) is 0 Å². The van der Waals surface area contributed by atoms with E-state index in [9.17, 15) is 4.79 Å². The second-order valence-electron chi connectivity index (χ2n) is 3.91. The molecule has 0 aliphatic heterocycles. The standard InChI is InChI=1S/C10H22N2O2/c1-8(2)7-14-10(13)9(12)5-3-4-6-11/h8-9H,3-7,11-12H2,1-2H3/t9-/m0/s1. The predicted molar refractivity (Wildman–Crippen MR) is 56.7 cm³/mol. The lowest BCUT2D eigenvalue weighted by atomic mass is 10.1. The number of rotatable bonds is 7. The highest BCUT2D eigenvalue weighted by molar-refractivity contribution is 5.75. The number of nitrogens with two attached hydrogens (primary N) is 2. The summed E-state index contributed by atoms with van der Waals surface area (Å²) >= 11 is 0. The molecule has 0 aliphatic carbocycles. The summed E-state index contributed by atoms with van der Waals surface area (Å²) in [5, 5.41) is 0. The molecule has 0 fully saturated rings. The monoisotopic (exact) mass is 202 g/mol. The fourth-order valence-electron chi connectivity index (χ4n) is 0.982. The average Bonchev–Trinajstić information content (AvgIpc) is 2.14. The fourth-order valence-corrected chi connectivity index (χ4v) is 0.982. The molecule has 84 valence electrons. The highest BCUT2D eigenvalue weighted by Crippen LogP contribution is 2.01. The van der Waals surface area contributed by atoms with E-state index in [2.05, 4.69) is 0 Å². The van der Waals surface area contributed by atoms with Crippen molar-refractivity contribution < 1.29 is 9.53 Å². The van der Waals surface area contributed by atoms with Gasteiger partial charge >= 0.3 is 5.97 Å². The number of unbranched alkanes of at least 4 members (excludes halogenated alkanes) is 1. The van der Waals surface area contributed by atoms with Crippen LogP contribution in [0.2, 0.25) is 0 Å². The molecule has 0 radical (unpaired) electrons. The summed E-state index contributed by atoms with van der Waals surface area (Å²) in [7, 11) is 0. The second-order valence-corrected chi connectivity index (χ2v) is 3.91. The third-order valence-corrected chi connectivity index (χ3v) is 1.83. The summed E-state index contributed by atoms with van der Waals surface area (Å²) in [4.78, 5) is 11.3. The van der Waals surface area contributed by atoms with Crippen molar-refractivity contribution in [2.45, 2.75) is 39.2 Å². The molecule has 0 heterocycles. The molecule has 0 amide bonds. The molecule has 0 saturated carbocycles. The summed E-state index contributed by atoms with van der Waals surface area (Å²) < 4.78 is 5.00. The van der Waals surface area contributed by atoms with Gasteiger partial charge in [0.15, 0.2) is 0 Å². The second kappa shape index (κ2) is 7.76. The SMILES string of the molecule is CC(C)COC(=O)[C@@H](N)CCCCN. The molecule has 0 aromatic heterocycles. The molecule has 14 heavy (non-hydrogen) atoms. The van der Waals surface area contributed by atoms with Crippen LogP contribution < -0.4 is 11.5 Å². The lowest BCUT2D eigenvalue weighted by Crippen LogP contribution is -2.33. The van der Waals surface area contributed by atoms with E-state index in [1.165, 1.54) is 0 Å². The van der Waals surface area contributed by atoms with Crippen LogP contribution in [-0.4, -0.2) is 25.2 Å². The van der Waals surface area contributed by atoms with Crippen LogP contribution in [0, 0.1) is 5.92 Å². The van der Waals surface area contributed by atoms with E-state index in [1.54, 1.807) is 0 Å². The van der Waals surface area contributed by atoms with E-state index >= 15 is 0 Å². The Bertz CT molecular complexity index is 160. The maximum Gasteiger partial charge on any atom is 0.322 e. The van der Waals surface area contributed by atoms with Gasteiger partial charge in [0.2, 0.25) is 0 Å². The van der Waals surface area contributed by atoms with Gasteiger partial charge in [0, 0.05) is 0 Å². The van der Waals surface area contributed by atoms with Crippen molar-refractivity contribution in [3.8, 4) is 0 Å². The van der Waals surface area contributed by atoms with Gasteiger partial charge < -0.3 is 16.2 Å². The lowest BCUT2D eigenvalue weighted by molar-refractivity contribution is -0.146. The highest BCUT2D eigenvalue weighted by Gasteiger charge is 2.14. The van der Waals surface area contributed by atoms with Gasteiger partial charge in [0.25, 0.3) is 0 Å². The van der Waals surface area contributed by atoms with Crippen LogP contribution in [0.1, 0.15) is 33.1 Å². The molecule has 1 atom stereocenters. The van der Waals surface area contributed by atoms with E-state index in [0.29, 0.717) is 25.5 Å². The van der Waals surface area contributed by atoms with Crippen LogP contribution >= 0.6 is 0 Å². The quantitative estimate of drug-likeness (QED) is 0.469. The van der Waals surface area contributed by atoms with Crippen LogP contribution in [0.4, 0.5) is 0 Å². The Kier molecular flexibility index (Phi) is 7.42. The zero-order valence-electron chi connectivity index (χ0n) is 9.16. The van der Waals surface area contributed by atoms with Crippen LogP contribution in [-0.2, 0) is 9.53 Å². The van der Waals surface area contributed by atoms with Crippen molar-refractivity contribution in [1.29, 1.82) is 0 Å². The molecule has 0 spiro atoms. The zero-order valence-corrected chi connectivity index (χ0v) is 9.16. The summed E-state index contributed by atoms with van der Waals surface area (Å²) in [6, 6.07) is -0.486. The topological polar surface area (TPSA) is 78.3 Å². The van der Waals surface area contributed by atoms with Crippen LogP contribution in [0.3, 0.4) is 0 Å². The van der Waals surface area contributed by atoms with Gasteiger partial charge in [-0.1, -0.05) is 20.3 Å². The van der Waals surface area contributed by atoms with Crippen molar-refractivity contribution in [2.24, 2.45) is 17.4 Å². The van der Waals surface area contributed by atoms with Crippen LogP contribution in [0.25, 0.3) is 0 Å². The van der Waals surface area contributed by atoms with Crippen molar-refractivity contribution in [3.63, 3.8) is 0 Å². The number of ether oxygens (including phenoxy) is 1. The summed E-state index contributed by atoms with van der Waals surface area (Å²) in [5.41, 5.74) is 11.0. The lowest BCUT2D eigenvalue weighted by Gasteiger charge is -2.12. The molecule has 0 aliphatic rings. The Morgan fingerprint density at radius 1 is 1.36 bits per heavy atom. The summed E-state index contributed by atoms with van der Waals surface area (Å²) in [5.74, 6) is 0.0610. The molecule has 0 aromatic carbocycles. The fraction of sp³-hybridized carbons (Fsp3) is 0.900. The van der Waals surface area contributed by atoms with Crippen LogP contribution in [0.5, 0.6) is 0 Å². The van der Waals surface area contributed by atoms with Gasteiger partial charge in [-0.3, -0.25) is 4.79 Å². The van der Waals surface area contributed by atoms with Gasteiger partial charge in [0.05, 0.1) is 6.61 Å². The Morgan fingerprint density at radius 3 is 2.50 bits per heavy atom. The van der Waals surface area contributed by atoms with Crippen molar-refractivity contribution in [3.05, 3.63) is 0 Å². The van der Waals surface area contributed by atoms with E-state index in [4.69, 9.17) is 16.2 Å². The first-order valence-electron chi connectivity index (χ1n) is 5.20. The number of carbonyl (C=O) groups is 1. The number of hydrogen-bond donors (Lipinski definition) is 2. The first-order chi connectivity index (χ1) is 6.57. The van der Waals surface area contributed by atoms with Crippen molar-refractivity contribution >= 4 is 5.97 Å². The van der Waals surface area contributed by atoms with Gasteiger partial charge in [-0.15, -0.1) is 0 Å². The zero-order chi connectivity index (χ0) is 11.0. The minimum Gasteiger partial charge on any atom is -0.464 e. The summed E-state index contributed by atoms with van der Waals surface area (Å²) in [6.07, 6.45) is 2.45. The Morgan fingerprint density at radius 2 is 2.00 bits per heavy atom. The number of carbonyl (C=O) groups excluding carboxylic acids is 1. The van der Waals surface area contributed by atoms with Crippen molar-refractivity contribution in [1.82, 2.24) is 0 Å². The molecule has 0 rings (SSSR count). The maximum atomic E-state index is 11.3. The molecule has 0 bridgehead atoms. The Hall–Kier alpha value is -0.610. The highest BCUT2D eigenvalue weighted by atomic mass is 16.5. The van der Waals surface area contributed by atoms with Gasteiger partial charge in [-0.05, 0) is 25.3 Å². The van der Waals surface area contributed by atoms with E-state index in [0.717, 1.165) is 12.8 Å². The average molecular weight is 202 g/mol. The van der Waals surface area contributed by atoms with Gasteiger partial charge in [-0.2, -0.15) is 0 Å². The molecular formula is C10H22N2O2. The predicted octanol–water partition coefficient (Wildman–Crippen LogP) is 0.642. The Balaban J connectivity index is 3.54. The molecule has 0 saturated heterocycles. The summed E-state index contributed by atoms with van der Waals surface area (Å²) in [6.45, 7) is 5.08. The first-order valence-corrected chi connectivity index (χ1v) is 5.20. The minimum atomic E-state index is -0.486.